The highest BCUT2D eigenvalue weighted by molar-refractivity contribution is 6.15. The molecule has 0 radical (unpaired) electrons. The molecule has 0 aliphatic carbocycles. The van der Waals surface area contributed by atoms with Gasteiger partial charge in [-0.2, -0.15) is 13.2 Å². The van der Waals surface area contributed by atoms with Crippen molar-refractivity contribution in [2.75, 3.05) is 19.5 Å². The number of likely N-dealkylation sites (tertiary alicyclic amines) is 1. The third-order valence-corrected chi connectivity index (χ3v) is 5.85. The number of benzene rings is 1. The van der Waals surface area contributed by atoms with Gasteiger partial charge in [-0.3, -0.25) is 19.7 Å². The summed E-state index contributed by atoms with van der Waals surface area (Å²) in [6, 6.07) is 15.1. The number of pyridine rings is 2. The van der Waals surface area contributed by atoms with Crippen LogP contribution in [0.1, 0.15) is 40.9 Å². The van der Waals surface area contributed by atoms with E-state index < -0.39 is 23.3 Å². The van der Waals surface area contributed by atoms with E-state index in [9.17, 15) is 18.0 Å². The van der Waals surface area contributed by atoms with E-state index in [0.717, 1.165) is 25.2 Å². The van der Waals surface area contributed by atoms with E-state index in [0.29, 0.717) is 12.1 Å². The number of nitrogens with zero attached hydrogens (tertiary/aromatic N) is 3. The van der Waals surface area contributed by atoms with Gasteiger partial charge in [0, 0.05) is 37.6 Å². The Morgan fingerprint density at radius 3 is 2.54 bits per heavy atom. The zero-order valence-electron chi connectivity index (χ0n) is 20.8. The van der Waals surface area contributed by atoms with Crippen LogP contribution in [0.3, 0.4) is 0 Å². The molecule has 198 valence electrons. The van der Waals surface area contributed by atoms with Crippen LogP contribution >= 0.6 is 11.6 Å². The maximum Gasteiger partial charge on any atom is 0.416 e. The number of amides is 1. The molecule has 1 aliphatic heterocycles. The van der Waals surface area contributed by atoms with E-state index in [1.807, 2.05) is 24.5 Å². The van der Waals surface area contributed by atoms with E-state index in [1.165, 1.54) is 48.9 Å². The van der Waals surface area contributed by atoms with Gasteiger partial charge < -0.3 is 5.73 Å². The van der Waals surface area contributed by atoms with Crippen LogP contribution < -0.4 is 5.73 Å². The predicted molar refractivity (Wildman–Crippen MR) is 142 cm³/mol. The minimum Gasteiger partial charge on any atom is -0.364 e. The maximum atomic E-state index is 12.1. The minimum absolute atomic E-state index is 0.394. The van der Waals surface area contributed by atoms with E-state index in [-0.39, 0.29) is 0 Å². The molecule has 3 heterocycles. The van der Waals surface area contributed by atoms with Crippen molar-refractivity contribution in [1.82, 2.24) is 14.9 Å². The summed E-state index contributed by atoms with van der Waals surface area (Å²) < 4.78 is 36.2. The lowest BCUT2D eigenvalue weighted by atomic mass is 9.94. The summed E-state index contributed by atoms with van der Waals surface area (Å²) in [5.41, 5.74) is 7.30. The lowest BCUT2D eigenvalue weighted by Gasteiger charge is -2.35. The Kier molecular flexibility index (Phi) is 12.3. The second-order valence-electron chi connectivity index (χ2n) is 8.37. The summed E-state index contributed by atoms with van der Waals surface area (Å²) >= 11 is 4.64. The number of rotatable bonds is 6. The van der Waals surface area contributed by atoms with Crippen LogP contribution in [0, 0.1) is 0 Å². The van der Waals surface area contributed by atoms with Crippen molar-refractivity contribution in [3.05, 3.63) is 96.6 Å². The number of piperidine rings is 1. The summed E-state index contributed by atoms with van der Waals surface area (Å²) in [6.45, 7) is 6.12. The summed E-state index contributed by atoms with van der Waals surface area (Å²) in [7, 11) is 0. The second-order valence-corrected chi connectivity index (χ2v) is 8.37. The van der Waals surface area contributed by atoms with Gasteiger partial charge in [-0.25, -0.2) is 0 Å². The minimum atomic E-state index is -4.48. The van der Waals surface area contributed by atoms with Crippen LogP contribution in [0.15, 0.2) is 79.8 Å². The molecule has 2 N–H and O–H groups in total. The van der Waals surface area contributed by atoms with E-state index in [1.54, 1.807) is 0 Å². The topological polar surface area (TPSA) is 72.1 Å². The number of primary amides is 1. The monoisotopic (exact) mass is 532 g/mol. The Hall–Kier alpha value is -3.23. The lowest BCUT2D eigenvalue weighted by Crippen LogP contribution is -2.40. The molecule has 1 unspecified atom stereocenters. The van der Waals surface area contributed by atoms with Crippen LogP contribution in [0.25, 0.3) is 11.1 Å². The fraction of sp³-hybridized carbons (Fsp3) is 0.321. The van der Waals surface area contributed by atoms with Gasteiger partial charge in [0.25, 0.3) is 5.91 Å². The SMILES string of the molecule is C=CCN1CCCCC1Cc1cccc(-c2cccnc2)c1.CCl.NC(=O)c1cc(C(F)(F)F)ccn1. The van der Waals surface area contributed by atoms with Gasteiger partial charge in [-0.15, -0.1) is 18.2 Å². The number of hydrogen-bond donors (Lipinski definition) is 1. The summed E-state index contributed by atoms with van der Waals surface area (Å²) in [5, 5.41) is 0. The van der Waals surface area contributed by atoms with Crippen molar-refractivity contribution in [3.63, 3.8) is 0 Å². The van der Waals surface area contributed by atoms with Crippen LogP contribution in [-0.4, -0.2) is 46.3 Å². The number of nitrogens with two attached hydrogens (primary N) is 1. The average Bonchev–Trinajstić information content (AvgIpc) is 2.92. The number of halogens is 4. The predicted octanol–water partition coefficient (Wildman–Crippen LogP) is 6.39. The lowest BCUT2D eigenvalue weighted by molar-refractivity contribution is -0.137. The van der Waals surface area contributed by atoms with Gasteiger partial charge >= 0.3 is 6.18 Å². The molecule has 1 aromatic carbocycles. The Balaban J connectivity index is 0.000000275. The number of alkyl halides is 4. The number of hydrogen-bond acceptors (Lipinski definition) is 4. The van der Waals surface area contributed by atoms with E-state index in [2.05, 4.69) is 63.4 Å². The van der Waals surface area contributed by atoms with Gasteiger partial charge in [0.15, 0.2) is 0 Å². The highest BCUT2D eigenvalue weighted by Gasteiger charge is 2.31. The summed E-state index contributed by atoms with van der Waals surface area (Å²) in [6.07, 6.45) is 8.76. The van der Waals surface area contributed by atoms with E-state index >= 15 is 0 Å². The number of carbonyl (C=O) groups is 1. The Labute approximate surface area is 221 Å². The van der Waals surface area contributed by atoms with Crippen molar-refractivity contribution in [3.8, 4) is 11.1 Å². The van der Waals surface area contributed by atoms with Crippen molar-refractivity contribution >= 4 is 17.5 Å². The van der Waals surface area contributed by atoms with Gasteiger partial charge in [0.1, 0.15) is 5.69 Å². The van der Waals surface area contributed by atoms with Crippen molar-refractivity contribution in [2.45, 2.75) is 37.9 Å². The molecule has 5 nitrogen and oxygen atoms in total. The number of aromatic nitrogens is 2. The Morgan fingerprint density at radius 1 is 1.14 bits per heavy atom. The van der Waals surface area contributed by atoms with Crippen molar-refractivity contribution < 1.29 is 18.0 Å². The molecule has 1 saturated heterocycles. The molecule has 2 aromatic heterocycles. The molecule has 0 saturated carbocycles. The van der Waals surface area contributed by atoms with Crippen LogP contribution in [0.2, 0.25) is 0 Å². The second kappa shape index (κ2) is 15.1. The van der Waals surface area contributed by atoms with E-state index in [4.69, 9.17) is 5.73 Å². The van der Waals surface area contributed by atoms with Gasteiger partial charge in [0.2, 0.25) is 0 Å². The molecule has 0 spiro atoms. The zero-order chi connectivity index (χ0) is 27.3. The van der Waals surface area contributed by atoms with Gasteiger partial charge in [-0.05, 0) is 60.7 Å². The summed E-state index contributed by atoms with van der Waals surface area (Å²) in [4.78, 5) is 20.7. The van der Waals surface area contributed by atoms with Crippen molar-refractivity contribution in [2.24, 2.45) is 5.73 Å². The molecule has 0 bridgehead atoms. The Bertz CT molecular complexity index is 1130. The molecule has 37 heavy (non-hydrogen) atoms. The molecule has 1 amide bonds. The first kappa shape index (κ1) is 30.0. The molecule has 1 aliphatic rings. The molecular weight excluding hydrogens is 501 g/mol. The smallest absolute Gasteiger partial charge is 0.364 e. The highest BCUT2D eigenvalue weighted by atomic mass is 35.5. The molecule has 4 rings (SSSR count). The first-order chi connectivity index (χ1) is 17.8. The third kappa shape index (κ3) is 9.63. The number of carbonyl (C=O) groups excluding carboxylic acids is 1. The average molecular weight is 533 g/mol. The fourth-order valence-corrected chi connectivity index (χ4v) is 4.12. The Morgan fingerprint density at radius 2 is 1.89 bits per heavy atom. The summed E-state index contributed by atoms with van der Waals surface area (Å²) in [5.74, 6) is -0.980. The fourth-order valence-electron chi connectivity index (χ4n) is 4.12. The largest absolute Gasteiger partial charge is 0.416 e. The quantitative estimate of drug-likeness (QED) is 0.295. The molecule has 3 aromatic rings. The first-order valence-corrected chi connectivity index (χ1v) is 12.6. The van der Waals surface area contributed by atoms with Crippen molar-refractivity contribution in [1.29, 1.82) is 0 Å². The normalized spacial score (nSPS) is 15.4. The molecule has 9 heteroatoms. The zero-order valence-corrected chi connectivity index (χ0v) is 21.6. The van der Waals surface area contributed by atoms with Crippen LogP contribution in [0.4, 0.5) is 13.2 Å². The molecule has 1 atom stereocenters. The van der Waals surface area contributed by atoms with Crippen LogP contribution in [-0.2, 0) is 12.6 Å². The highest BCUT2D eigenvalue weighted by Crippen LogP contribution is 2.29. The van der Waals surface area contributed by atoms with Gasteiger partial charge in [0.05, 0.1) is 5.56 Å². The van der Waals surface area contributed by atoms with Gasteiger partial charge in [-0.1, -0.05) is 42.8 Å². The maximum absolute atomic E-state index is 12.1. The standard InChI is InChI=1S/C20H24N2.C7H5F3N2O.CH3Cl/c1-2-12-22-13-4-3-10-20(22)15-17-7-5-8-18(14-17)19-9-6-11-21-16-19;8-7(9,10)4-1-2-12-5(3-4)6(11)13;1-2/h2,5-9,11,14,16,20H,1,3-4,10,12-13,15H2;1-3H,(H2,11,13);1H3. The third-order valence-electron chi connectivity index (χ3n) is 5.85. The molecule has 1 fully saturated rings. The first-order valence-electron chi connectivity index (χ1n) is 11.8. The van der Waals surface area contributed by atoms with Crippen LogP contribution in [0.5, 0.6) is 0 Å². The molecular formula is C28H32ClF3N4O.